The average molecular weight is 341 g/mol. The Labute approximate surface area is 146 Å². The molecule has 0 amide bonds. The fraction of sp³-hybridized carbons (Fsp3) is 0.526. The summed E-state index contributed by atoms with van der Waals surface area (Å²) in [6.07, 6.45) is 5.36. The lowest BCUT2D eigenvalue weighted by Gasteiger charge is -2.57. The van der Waals surface area contributed by atoms with Crippen LogP contribution < -0.4 is 10.5 Å². The predicted molar refractivity (Wildman–Crippen MR) is 93.1 cm³/mol. The monoisotopic (exact) mass is 341 g/mol. The highest BCUT2D eigenvalue weighted by molar-refractivity contribution is 5.77. The quantitative estimate of drug-likeness (QED) is 0.371. The first kappa shape index (κ1) is 15.2. The third-order valence-corrected chi connectivity index (χ3v) is 6.66. The van der Waals surface area contributed by atoms with Crippen molar-refractivity contribution < 1.29 is 14.9 Å². The molecule has 5 atom stereocenters. The molecule has 2 aliphatic carbocycles. The Morgan fingerprint density at radius 2 is 2.24 bits per heavy atom. The Hall–Kier alpha value is -2.05. The van der Waals surface area contributed by atoms with Gasteiger partial charge in [0.15, 0.2) is 11.5 Å². The molecule has 1 unspecified atom stereocenters. The van der Waals surface area contributed by atoms with Crippen LogP contribution in [-0.4, -0.2) is 52.3 Å². The largest absolute Gasteiger partial charge is 0.504 e. The van der Waals surface area contributed by atoms with Crippen molar-refractivity contribution in [1.82, 2.24) is 4.90 Å². The summed E-state index contributed by atoms with van der Waals surface area (Å²) in [4.78, 5) is 2.43. The minimum Gasteiger partial charge on any atom is -0.504 e. The van der Waals surface area contributed by atoms with Crippen LogP contribution >= 0.6 is 0 Å². The maximum Gasteiger partial charge on any atom is 0.165 e. The van der Waals surface area contributed by atoms with Crippen LogP contribution in [-0.2, 0) is 11.8 Å². The van der Waals surface area contributed by atoms with Gasteiger partial charge in [0, 0.05) is 35.9 Å². The van der Waals surface area contributed by atoms with Gasteiger partial charge >= 0.3 is 0 Å². The van der Waals surface area contributed by atoms with Crippen molar-refractivity contribution in [3.8, 4) is 11.5 Å². The van der Waals surface area contributed by atoms with E-state index < -0.39 is 6.10 Å². The molecule has 2 bridgehead atoms. The molecule has 25 heavy (non-hydrogen) atoms. The van der Waals surface area contributed by atoms with Gasteiger partial charge in [0.25, 0.3) is 0 Å². The standard InChI is InChI=1S/C19H23N3O3/c20-15(21)5-7-22-8-6-19-11-2-4-14(24)18(19)25-17-13(23)3-1-10(16(17)19)9-12(11)22/h1-4,11-12,14,18,23-24H,5-9H2,(H3,20,21)/t11?,12-,14+,18+,19+/m1/s1. The molecule has 132 valence electrons. The topological polar surface area (TPSA) is 103 Å². The molecular weight excluding hydrogens is 318 g/mol. The number of nitrogens with zero attached hydrogens (tertiary/aromatic N) is 1. The highest BCUT2D eigenvalue weighted by Crippen LogP contribution is 2.62. The van der Waals surface area contributed by atoms with Crippen LogP contribution in [0.1, 0.15) is 24.0 Å². The lowest BCUT2D eigenvalue weighted by atomic mass is 9.53. The lowest BCUT2D eigenvalue weighted by molar-refractivity contribution is -0.0509. The van der Waals surface area contributed by atoms with Gasteiger partial charge in [-0.05, 0) is 31.0 Å². The second kappa shape index (κ2) is 4.99. The van der Waals surface area contributed by atoms with E-state index in [2.05, 4.69) is 11.0 Å². The van der Waals surface area contributed by atoms with E-state index in [1.54, 1.807) is 6.07 Å². The van der Waals surface area contributed by atoms with Gasteiger partial charge in [-0.1, -0.05) is 18.2 Å². The zero-order chi connectivity index (χ0) is 17.3. The number of aromatic hydroxyl groups is 1. The van der Waals surface area contributed by atoms with Crippen molar-refractivity contribution in [3.05, 3.63) is 35.4 Å². The maximum absolute atomic E-state index is 10.6. The Morgan fingerprint density at radius 3 is 3.04 bits per heavy atom. The van der Waals surface area contributed by atoms with Crippen LogP contribution in [0.4, 0.5) is 0 Å². The van der Waals surface area contributed by atoms with Crippen LogP contribution in [0.15, 0.2) is 24.3 Å². The third-order valence-electron chi connectivity index (χ3n) is 6.66. The SMILES string of the molecule is N=C(N)CCN1CC[C@]23c4c5ccc(O)c4O[C@H]2[C@@H](O)C=CC3[C@H]1C5. The van der Waals surface area contributed by atoms with E-state index in [0.717, 1.165) is 31.5 Å². The number of ether oxygens (including phenoxy) is 1. The second-order valence-electron chi connectivity index (χ2n) is 7.76. The second-order valence-corrected chi connectivity index (χ2v) is 7.76. The molecule has 0 radical (unpaired) electrons. The first-order valence-corrected chi connectivity index (χ1v) is 8.97. The smallest absolute Gasteiger partial charge is 0.165 e. The van der Waals surface area contributed by atoms with E-state index in [1.807, 2.05) is 12.1 Å². The predicted octanol–water partition coefficient (Wildman–Crippen LogP) is 0.894. The van der Waals surface area contributed by atoms with Crippen LogP contribution in [0.5, 0.6) is 11.5 Å². The maximum atomic E-state index is 10.6. The van der Waals surface area contributed by atoms with Gasteiger partial charge in [0.1, 0.15) is 12.2 Å². The number of phenolic OH excluding ortho intramolecular Hbond substituents is 1. The number of amidine groups is 1. The Morgan fingerprint density at radius 1 is 1.40 bits per heavy atom. The highest BCUT2D eigenvalue weighted by atomic mass is 16.5. The number of nitrogens with two attached hydrogens (primary N) is 1. The number of hydrogen-bond donors (Lipinski definition) is 4. The number of aliphatic hydroxyl groups excluding tert-OH is 1. The molecule has 5 rings (SSSR count). The van der Waals surface area contributed by atoms with Gasteiger partial charge in [0.05, 0.1) is 5.84 Å². The minimum atomic E-state index is -0.654. The Balaban J connectivity index is 1.64. The molecule has 1 aromatic rings. The van der Waals surface area contributed by atoms with Crippen molar-refractivity contribution in [2.45, 2.75) is 42.9 Å². The third kappa shape index (κ3) is 1.84. The Kier molecular flexibility index (Phi) is 3.04. The number of benzene rings is 1. The molecule has 2 aliphatic heterocycles. The van der Waals surface area contributed by atoms with Gasteiger partial charge in [-0.2, -0.15) is 0 Å². The highest BCUT2D eigenvalue weighted by Gasteiger charge is 2.64. The minimum absolute atomic E-state index is 0.172. The molecule has 6 nitrogen and oxygen atoms in total. The summed E-state index contributed by atoms with van der Waals surface area (Å²) in [6.45, 7) is 1.68. The van der Waals surface area contributed by atoms with Crippen molar-refractivity contribution in [3.63, 3.8) is 0 Å². The van der Waals surface area contributed by atoms with E-state index in [1.165, 1.54) is 5.56 Å². The zero-order valence-electron chi connectivity index (χ0n) is 14.0. The number of piperidine rings is 1. The van der Waals surface area contributed by atoms with Gasteiger partial charge in [-0.25, -0.2) is 0 Å². The molecule has 1 fully saturated rings. The fourth-order valence-electron chi connectivity index (χ4n) is 5.67. The van der Waals surface area contributed by atoms with Crippen LogP contribution in [0.25, 0.3) is 0 Å². The molecule has 2 heterocycles. The Bertz CT molecular complexity index is 792. The molecule has 1 spiro atoms. The van der Waals surface area contributed by atoms with Crippen LogP contribution in [0.2, 0.25) is 0 Å². The van der Waals surface area contributed by atoms with Gasteiger partial charge in [-0.15, -0.1) is 0 Å². The fourth-order valence-corrected chi connectivity index (χ4v) is 5.67. The van der Waals surface area contributed by atoms with Crippen LogP contribution in [0, 0.1) is 11.3 Å². The van der Waals surface area contributed by atoms with Crippen LogP contribution in [0.3, 0.4) is 0 Å². The molecule has 0 aromatic heterocycles. The first-order chi connectivity index (χ1) is 12.0. The molecular formula is C19H23N3O3. The van der Waals surface area contributed by atoms with Crippen molar-refractivity contribution in [2.24, 2.45) is 11.7 Å². The summed E-state index contributed by atoms with van der Waals surface area (Å²) in [5.41, 5.74) is 7.65. The van der Waals surface area contributed by atoms with Crippen molar-refractivity contribution in [1.29, 1.82) is 5.41 Å². The first-order valence-electron chi connectivity index (χ1n) is 8.97. The van der Waals surface area contributed by atoms with Crippen molar-refractivity contribution in [2.75, 3.05) is 13.1 Å². The number of hydrogen-bond acceptors (Lipinski definition) is 5. The number of rotatable bonds is 3. The summed E-state index contributed by atoms with van der Waals surface area (Å²) in [5, 5.41) is 28.4. The molecule has 5 N–H and O–H groups in total. The molecule has 6 heteroatoms. The summed E-state index contributed by atoms with van der Waals surface area (Å²) < 4.78 is 6.13. The van der Waals surface area contributed by atoms with Gasteiger partial charge in [0.2, 0.25) is 0 Å². The van der Waals surface area contributed by atoms with E-state index in [-0.39, 0.29) is 29.0 Å². The summed E-state index contributed by atoms with van der Waals surface area (Å²) in [7, 11) is 0. The van der Waals surface area contributed by atoms with E-state index >= 15 is 0 Å². The van der Waals surface area contributed by atoms with E-state index in [4.69, 9.17) is 15.9 Å². The molecule has 1 saturated heterocycles. The normalized spacial score (nSPS) is 37.5. The van der Waals surface area contributed by atoms with Gasteiger partial charge < -0.3 is 20.7 Å². The lowest BCUT2D eigenvalue weighted by Crippen LogP contribution is -2.65. The number of aliphatic hydroxyl groups is 1. The molecule has 4 aliphatic rings. The van der Waals surface area contributed by atoms with Gasteiger partial charge in [-0.3, -0.25) is 10.3 Å². The number of likely N-dealkylation sites (tertiary alicyclic amines) is 1. The average Bonchev–Trinajstić information content (AvgIpc) is 2.93. The van der Waals surface area contributed by atoms with E-state index in [9.17, 15) is 10.2 Å². The number of phenols is 1. The molecule has 0 saturated carbocycles. The molecule has 1 aromatic carbocycles. The van der Waals surface area contributed by atoms with Crippen molar-refractivity contribution >= 4 is 5.84 Å². The summed E-state index contributed by atoms with van der Waals surface area (Å²) >= 11 is 0. The number of nitrogens with one attached hydrogen (secondary N) is 1. The summed E-state index contributed by atoms with van der Waals surface area (Å²) in [5.74, 6) is 1.22. The summed E-state index contributed by atoms with van der Waals surface area (Å²) in [6, 6.07) is 4.02. The van der Waals surface area contributed by atoms with E-state index in [0.29, 0.717) is 18.2 Å². The zero-order valence-corrected chi connectivity index (χ0v) is 14.0.